The van der Waals surface area contributed by atoms with Crippen molar-refractivity contribution < 1.29 is 0 Å². The highest BCUT2D eigenvalue weighted by atomic mass is 14.8. The largest absolute Gasteiger partial charge is 0.229 e. The second-order valence-electron chi connectivity index (χ2n) is 6.02. The third-order valence-electron chi connectivity index (χ3n) is 3.62. The molecule has 0 radical (unpaired) electrons. The zero-order valence-corrected chi connectivity index (χ0v) is 10.8. The highest BCUT2D eigenvalue weighted by Gasteiger charge is 2.39. The summed E-state index contributed by atoms with van der Waals surface area (Å²) in [5, 5.41) is 0. The van der Waals surface area contributed by atoms with Crippen LogP contribution in [-0.2, 0) is 0 Å². The maximum Gasteiger partial charge on any atom is 0.0892 e. The van der Waals surface area contributed by atoms with Gasteiger partial charge in [-0.05, 0) is 30.1 Å². The molecule has 0 spiro atoms. The molecule has 0 aromatic heterocycles. The fourth-order valence-electron chi connectivity index (χ4n) is 3.08. The molecule has 1 fully saturated rings. The smallest absolute Gasteiger partial charge is 0.0892 e. The van der Waals surface area contributed by atoms with Crippen molar-refractivity contribution >= 4 is 6.01 Å². The van der Waals surface area contributed by atoms with Crippen molar-refractivity contribution in [2.24, 2.45) is 20.8 Å². The van der Waals surface area contributed by atoms with E-state index in [0.29, 0.717) is 16.9 Å². The minimum Gasteiger partial charge on any atom is -0.229 e. The third-order valence-corrected chi connectivity index (χ3v) is 3.62. The van der Waals surface area contributed by atoms with Gasteiger partial charge in [-0.2, -0.15) is 0 Å². The molecular weight excluding hydrogens is 184 g/mol. The Morgan fingerprint density at radius 1 is 1.27 bits per heavy atom. The molecule has 0 aromatic rings. The molecule has 0 aliphatic heterocycles. The average molecular weight is 208 g/mol. The van der Waals surface area contributed by atoms with Crippen LogP contribution in [0.25, 0.3) is 0 Å². The fourth-order valence-corrected chi connectivity index (χ4v) is 3.08. The van der Waals surface area contributed by atoms with Crippen LogP contribution in [-0.4, -0.2) is 19.1 Å². The molecule has 1 saturated carbocycles. The first-order chi connectivity index (χ1) is 6.91. The van der Waals surface area contributed by atoms with Crippen LogP contribution in [0.2, 0.25) is 0 Å². The van der Waals surface area contributed by atoms with Crippen LogP contribution < -0.4 is 0 Å². The van der Waals surface area contributed by atoms with Crippen LogP contribution in [0.3, 0.4) is 0 Å². The van der Waals surface area contributed by atoms with Gasteiger partial charge in [0.15, 0.2) is 0 Å². The predicted octanol–water partition coefficient (Wildman–Crippen LogP) is 3.79. The second kappa shape index (κ2) is 4.49. The molecule has 15 heavy (non-hydrogen) atoms. The standard InChI is InChI=1S/C13H24N2/c1-6-13(4)8-11(15-10-14-5)7-12(2,3)9-13/h11H,6-9H2,1-5H3. The molecule has 1 rings (SSSR count). The number of rotatable bonds is 2. The van der Waals surface area contributed by atoms with Crippen molar-refractivity contribution in [3.63, 3.8) is 0 Å². The number of hydrogen-bond acceptors (Lipinski definition) is 2. The van der Waals surface area contributed by atoms with Crippen molar-refractivity contribution in [3.8, 4) is 0 Å². The van der Waals surface area contributed by atoms with Gasteiger partial charge in [-0.1, -0.05) is 34.1 Å². The van der Waals surface area contributed by atoms with Crippen molar-refractivity contribution in [2.75, 3.05) is 7.05 Å². The molecule has 86 valence electrons. The molecule has 1 aliphatic carbocycles. The van der Waals surface area contributed by atoms with Crippen molar-refractivity contribution in [3.05, 3.63) is 0 Å². The summed E-state index contributed by atoms with van der Waals surface area (Å²) in [5.41, 5.74) is 0.859. The van der Waals surface area contributed by atoms with Crippen LogP contribution in [0.5, 0.6) is 0 Å². The number of nitrogens with zero attached hydrogens (tertiary/aromatic N) is 2. The Balaban J connectivity index is 2.81. The Morgan fingerprint density at radius 3 is 2.47 bits per heavy atom. The summed E-state index contributed by atoms with van der Waals surface area (Å²) in [4.78, 5) is 8.26. The lowest BCUT2D eigenvalue weighted by atomic mass is 9.62. The van der Waals surface area contributed by atoms with Gasteiger partial charge in [-0.25, -0.2) is 9.98 Å². The monoisotopic (exact) mass is 208 g/mol. The van der Waals surface area contributed by atoms with E-state index in [9.17, 15) is 0 Å². The van der Waals surface area contributed by atoms with Crippen molar-refractivity contribution in [1.82, 2.24) is 0 Å². The van der Waals surface area contributed by atoms with E-state index in [1.807, 2.05) is 0 Å². The average Bonchev–Trinajstić information content (AvgIpc) is 2.12. The summed E-state index contributed by atoms with van der Waals surface area (Å²) in [6, 6.07) is 3.19. The third kappa shape index (κ3) is 3.46. The molecule has 0 aromatic carbocycles. The first-order valence-electron chi connectivity index (χ1n) is 5.94. The zero-order chi connectivity index (χ0) is 11.5. The van der Waals surface area contributed by atoms with E-state index in [2.05, 4.69) is 43.7 Å². The Hall–Kier alpha value is -0.620. The molecule has 2 atom stereocenters. The molecule has 1 aliphatic rings. The zero-order valence-electron chi connectivity index (χ0n) is 10.8. The topological polar surface area (TPSA) is 24.7 Å². The molecule has 2 heteroatoms. The van der Waals surface area contributed by atoms with Gasteiger partial charge in [0.1, 0.15) is 0 Å². The first-order valence-corrected chi connectivity index (χ1v) is 5.94. The Kier molecular flexibility index (Phi) is 3.72. The van der Waals surface area contributed by atoms with Crippen LogP contribution in [0.4, 0.5) is 0 Å². The molecule has 0 heterocycles. The number of hydrogen-bond donors (Lipinski definition) is 0. The van der Waals surface area contributed by atoms with E-state index >= 15 is 0 Å². The summed E-state index contributed by atoms with van der Waals surface area (Å²) in [6.07, 6.45) is 4.91. The molecule has 0 amide bonds. The van der Waals surface area contributed by atoms with Gasteiger partial charge in [0.25, 0.3) is 0 Å². The van der Waals surface area contributed by atoms with Gasteiger partial charge in [0.05, 0.1) is 12.1 Å². The van der Waals surface area contributed by atoms with Gasteiger partial charge in [-0.15, -0.1) is 0 Å². The highest BCUT2D eigenvalue weighted by Crippen LogP contribution is 2.48. The van der Waals surface area contributed by atoms with Crippen LogP contribution in [0.1, 0.15) is 53.4 Å². The Morgan fingerprint density at radius 2 is 1.93 bits per heavy atom. The molecule has 2 unspecified atom stereocenters. The maximum atomic E-state index is 4.42. The quantitative estimate of drug-likeness (QED) is 0.617. The van der Waals surface area contributed by atoms with Crippen LogP contribution in [0, 0.1) is 10.8 Å². The summed E-state index contributed by atoms with van der Waals surface area (Å²) in [5.74, 6) is 0. The Labute approximate surface area is 93.9 Å². The highest BCUT2D eigenvalue weighted by molar-refractivity contribution is 5.41. The SMILES string of the molecule is CCC1(C)CC(N=C=NC)CC(C)(C)C1. The van der Waals surface area contributed by atoms with E-state index in [-0.39, 0.29) is 0 Å². The fraction of sp³-hybridized carbons (Fsp3) is 0.923. The van der Waals surface area contributed by atoms with Gasteiger partial charge in [0.2, 0.25) is 0 Å². The van der Waals surface area contributed by atoms with E-state index in [4.69, 9.17) is 0 Å². The van der Waals surface area contributed by atoms with Crippen LogP contribution in [0.15, 0.2) is 9.98 Å². The summed E-state index contributed by atoms with van der Waals surface area (Å²) in [7, 11) is 1.73. The van der Waals surface area contributed by atoms with Gasteiger partial charge < -0.3 is 0 Å². The minimum atomic E-state index is 0.409. The normalized spacial score (nSPS) is 34.3. The van der Waals surface area contributed by atoms with Gasteiger partial charge in [-0.3, -0.25) is 0 Å². The van der Waals surface area contributed by atoms with Gasteiger partial charge in [0, 0.05) is 7.05 Å². The van der Waals surface area contributed by atoms with Crippen molar-refractivity contribution in [1.29, 1.82) is 0 Å². The maximum absolute atomic E-state index is 4.42. The predicted molar refractivity (Wildman–Crippen MR) is 65.6 cm³/mol. The lowest BCUT2D eigenvalue weighted by Crippen LogP contribution is -2.37. The summed E-state index contributed by atoms with van der Waals surface area (Å²) < 4.78 is 0. The molecule has 0 N–H and O–H groups in total. The molecule has 0 saturated heterocycles. The minimum absolute atomic E-state index is 0.409. The molecular formula is C13H24N2. The van der Waals surface area contributed by atoms with E-state index in [1.54, 1.807) is 7.05 Å². The second-order valence-corrected chi connectivity index (χ2v) is 6.02. The summed E-state index contributed by atoms with van der Waals surface area (Å²) in [6.45, 7) is 9.38. The lowest BCUT2D eigenvalue weighted by Gasteiger charge is -2.45. The first kappa shape index (κ1) is 12.4. The van der Waals surface area contributed by atoms with Crippen LogP contribution >= 0.6 is 0 Å². The number of aliphatic imine (C=N–C) groups is 2. The lowest BCUT2D eigenvalue weighted by molar-refractivity contribution is 0.0811. The van der Waals surface area contributed by atoms with E-state index in [0.717, 1.165) is 0 Å². The molecule has 0 bridgehead atoms. The Bertz CT molecular complexity index is 274. The molecule has 2 nitrogen and oxygen atoms in total. The van der Waals surface area contributed by atoms with Gasteiger partial charge >= 0.3 is 0 Å². The van der Waals surface area contributed by atoms with E-state index < -0.39 is 0 Å². The van der Waals surface area contributed by atoms with Crippen molar-refractivity contribution in [2.45, 2.75) is 59.4 Å². The summed E-state index contributed by atoms with van der Waals surface area (Å²) >= 11 is 0. The van der Waals surface area contributed by atoms with E-state index in [1.165, 1.54) is 25.7 Å².